The molecule has 0 saturated heterocycles. The van der Waals surface area contributed by atoms with Gasteiger partial charge in [-0.05, 0) is 37.0 Å². The molecule has 1 aromatic rings. The number of aromatic nitrogens is 1. The van der Waals surface area contributed by atoms with Crippen LogP contribution in [0.4, 0.5) is 0 Å². The van der Waals surface area contributed by atoms with Gasteiger partial charge in [-0.1, -0.05) is 26.8 Å². The van der Waals surface area contributed by atoms with Crippen molar-refractivity contribution in [3.05, 3.63) is 33.7 Å². The van der Waals surface area contributed by atoms with E-state index in [-0.39, 0.29) is 10.6 Å². The van der Waals surface area contributed by atoms with Crippen molar-refractivity contribution >= 4 is 14.2 Å². The van der Waals surface area contributed by atoms with Gasteiger partial charge in [-0.25, -0.2) is 0 Å². The average molecular weight is 324 g/mol. The second-order valence-corrected chi connectivity index (χ2v) is 12.0. The Bertz CT molecular complexity index is 600. The standard InChI is InChI=1S/C16H28N2O3Si/c1-12-8-9-13(19)18(14(12)15(17)20)10-7-11-21-22(5,6)16(2,3)4/h8-9H,7,10-11H2,1-6H3,(H2,17,20). The van der Waals surface area contributed by atoms with Gasteiger partial charge in [0.25, 0.3) is 11.5 Å². The minimum Gasteiger partial charge on any atom is -0.417 e. The smallest absolute Gasteiger partial charge is 0.265 e. The summed E-state index contributed by atoms with van der Waals surface area (Å²) in [6, 6.07) is 3.10. The summed E-state index contributed by atoms with van der Waals surface area (Å²) in [4.78, 5) is 23.5. The van der Waals surface area contributed by atoms with E-state index in [0.29, 0.717) is 25.3 Å². The first kappa shape index (κ1) is 18.6. The van der Waals surface area contributed by atoms with Crippen LogP contribution in [0, 0.1) is 6.92 Å². The maximum atomic E-state index is 12.0. The van der Waals surface area contributed by atoms with Gasteiger partial charge in [0.15, 0.2) is 8.32 Å². The number of amides is 1. The Kier molecular flexibility index (Phi) is 5.75. The van der Waals surface area contributed by atoms with Crippen molar-refractivity contribution in [1.29, 1.82) is 0 Å². The number of carbonyl (C=O) groups excluding carboxylic acids is 1. The number of aryl methyl sites for hydroxylation is 1. The molecule has 124 valence electrons. The zero-order valence-corrected chi connectivity index (χ0v) is 15.5. The number of carbonyl (C=O) groups is 1. The summed E-state index contributed by atoms with van der Waals surface area (Å²) in [6.45, 7) is 13.8. The van der Waals surface area contributed by atoms with Gasteiger partial charge >= 0.3 is 0 Å². The summed E-state index contributed by atoms with van der Waals surface area (Å²) in [5.41, 5.74) is 6.20. The molecule has 0 aliphatic rings. The molecule has 1 amide bonds. The van der Waals surface area contributed by atoms with Gasteiger partial charge in [0.2, 0.25) is 0 Å². The molecule has 6 heteroatoms. The Balaban J connectivity index is 2.77. The van der Waals surface area contributed by atoms with Crippen molar-refractivity contribution in [3.8, 4) is 0 Å². The van der Waals surface area contributed by atoms with Gasteiger partial charge in [0.1, 0.15) is 5.69 Å². The molecular formula is C16H28N2O3Si. The average Bonchev–Trinajstić information content (AvgIpc) is 2.36. The molecule has 1 rings (SSSR count). The highest BCUT2D eigenvalue weighted by Crippen LogP contribution is 2.36. The van der Waals surface area contributed by atoms with E-state index in [4.69, 9.17) is 10.2 Å². The molecule has 1 heterocycles. The molecule has 0 spiro atoms. The van der Waals surface area contributed by atoms with Crippen molar-refractivity contribution in [2.75, 3.05) is 6.61 Å². The minimum absolute atomic E-state index is 0.158. The van der Waals surface area contributed by atoms with Crippen LogP contribution in [-0.2, 0) is 11.0 Å². The van der Waals surface area contributed by atoms with Gasteiger partial charge in [-0.3, -0.25) is 9.59 Å². The van der Waals surface area contributed by atoms with Crippen molar-refractivity contribution in [1.82, 2.24) is 4.57 Å². The van der Waals surface area contributed by atoms with E-state index in [1.165, 1.54) is 10.6 Å². The first-order valence-corrected chi connectivity index (χ1v) is 10.5. The van der Waals surface area contributed by atoms with E-state index in [2.05, 4.69) is 33.9 Å². The third-order valence-corrected chi connectivity index (χ3v) is 8.95. The summed E-state index contributed by atoms with van der Waals surface area (Å²) in [5.74, 6) is -0.569. The molecule has 0 aromatic carbocycles. The first-order valence-electron chi connectivity index (χ1n) is 7.61. The number of rotatable bonds is 6. The molecule has 5 nitrogen and oxygen atoms in total. The number of nitrogens with zero attached hydrogens (tertiary/aromatic N) is 1. The number of primary amides is 1. The molecular weight excluding hydrogens is 296 g/mol. The largest absolute Gasteiger partial charge is 0.417 e. The van der Waals surface area contributed by atoms with Crippen LogP contribution in [0.25, 0.3) is 0 Å². The predicted octanol–water partition coefficient (Wildman–Crippen LogP) is 2.67. The van der Waals surface area contributed by atoms with E-state index in [1.807, 2.05) is 0 Å². The van der Waals surface area contributed by atoms with Crippen LogP contribution < -0.4 is 11.3 Å². The van der Waals surface area contributed by atoms with Crippen LogP contribution in [0.1, 0.15) is 43.2 Å². The van der Waals surface area contributed by atoms with Gasteiger partial charge in [0, 0.05) is 19.2 Å². The summed E-state index contributed by atoms with van der Waals surface area (Å²) < 4.78 is 7.54. The van der Waals surface area contributed by atoms with Gasteiger partial charge in [-0.2, -0.15) is 0 Å². The fourth-order valence-corrected chi connectivity index (χ4v) is 3.09. The molecule has 0 radical (unpaired) electrons. The van der Waals surface area contributed by atoms with Gasteiger partial charge < -0.3 is 14.7 Å². The second kappa shape index (κ2) is 6.79. The van der Waals surface area contributed by atoms with E-state index in [0.717, 1.165) is 5.56 Å². The lowest BCUT2D eigenvalue weighted by Gasteiger charge is -2.36. The zero-order valence-electron chi connectivity index (χ0n) is 14.5. The number of pyridine rings is 1. The van der Waals surface area contributed by atoms with Crippen LogP contribution in [0.5, 0.6) is 0 Å². The summed E-state index contributed by atoms with van der Waals surface area (Å²) in [6.07, 6.45) is 0.677. The van der Waals surface area contributed by atoms with Crippen LogP contribution in [0.2, 0.25) is 18.1 Å². The highest BCUT2D eigenvalue weighted by atomic mass is 28.4. The lowest BCUT2D eigenvalue weighted by Crippen LogP contribution is -2.41. The maximum Gasteiger partial charge on any atom is 0.265 e. The van der Waals surface area contributed by atoms with E-state index < -0.39 is 14.2 Å². The van der Waals surface area contributed by atoms with Crippen LogP contribution in [0.15, 0.2) is 16.9 Å². The quantitative estimate of drug-likeness (QED) is 0.646. The highest BCUT2D eigenvalue weighted by Gasteiger charge is 2.36. The highest BCUT2D eigenvalue weighted by molar-refractivity contribution is 6.74. The number of hydrogen-bond donors (Lipinski definition) is 1. The summed E-state index contributed by atoms with van der Waals surface area (Å²) in [5, 5.41) is 0.158. The zero-order chi connectivity index (χ0) is 17.1. The minimum atomic E-state index is -1.78. The predicted molar refractivity (Wildman–Crippen MR) is 91.7 cm³/mol. The topological polar surface area (TPSA) is 74.3 Å². The summed E-state index contributed by atoms with van der Waals surface area (Å²) >= 11 is 0. The normalized spacial score (nSPS) is 12.5. The number of hydrogen-bond acceptors (Lipinski definition) is 3. The Hall–Kier alpha value is -1.40. The fraction of sp³-hybridized carbons (Fsp3) is 0.625. The molecule has 0 aliphatic heterocycles. The molecule has 0 saturated carbocycles. The van der Waals surface area contributed by atoms with Crippen molar-refractivity contribution in [3.63, 3.8) is 0 Å². The fourth-order valence-electron chi connectivity index (χ4n) is 2.00. The van der Waals surface area contributed by atoms with Crippen molar-refractivity contribution < 1.29 is 9.22 Å². The van der Waals surface area contributed by atoms with E-state index >= 15 is 0 Å². The molecule has 0 unspecified atom stereocenters. The molecule has 1 aromatic heterocycles. The Morgan fingerprint density at radius 1 is 1.32 bits per heavy atom. The molecule has 0 bridgehead atoms. The maximum absolute atomic E-state index is 12.0. The van der Waals surface area contributed by atoms with E-state index in [1.54, 1.807) is 13.0 Å². The van der Waals surface area contributed by atoms with Crippen LogP contribution >= 0.6 is 0 Å². The third kappa shape index (κ3) is 4.30. The Morgan fingerprint density at radius 2 is 1.91 bits per heavy atom. The lowest BCUT2D eigenvalue weighted by molar-refractivity contribution is 0.0988. The molecule has 2 N–H and O–H groups in total. The first-order chi connectivity index (χ1) is 9.97. The molecule has 0 fully saturated rings. The van der Waals surface area contributed by atoms with Gasteiger partial charge in [0.05, 0.1) is 0 Å². The Labute approximate surface area is 133 Å². The second-order valence-electron chi connectivity index (χ2n) is 7.18. The third-order valence-electron chi connectivity index (χ3n) is 4.41. The van der Waals surface area contributed by atoms with Crippen LogP contribution in [0.3, 0.4) is 0 Å². The van der Waals surface area contributed by atoms with Crippen molar-refractivity contribution in [2.24, 2.45) is 5.73 Å². The van der Waals surface area contributed by atoms with Crippen molar-refractivity contribution in [2.45, 2.75) is 58.8 Å². The van der Waals surface area contributed by atoms with Gasteiger partial charge in [-0.15, -0.1) is 0 Å². The SMILES string of the molecule is Cc1ccc(=O)n(CCCO[Si](C)(C)C(C)(C)C)c1C(N)=O. The summed E-state index contributed by atoms with van der Waals surface area (Å²) in [7, 11) is -1.78. The molecule has 0 aliphatic carbocycles. The lowest BCUT2D eigenvalue weighted by atomic mass is 10.2. The molecule has 0 atom stereocenters. The monoisotopic (exact) mass is 324 g/mol. The number of nitrogens with two attached hydrogens (primary N) is 1. The van der Waals surface area contributed by atoms with E-state index in [9.17, 15) is 9.59 Å². The molecule has 22 heavy (non-hydrogen) atoms. The Morgan fingerprint density at radius 3 is 2.41 bits per heavy atom. The van der Waals surface area contributed by atoms with Crippen LogP contribution in [-0.4, -0.2) is 25.4 Å².